The first-order valence-corrected chi connectivity index (χ1v) is 6.72. The Hall–Kier alpha value is -1.42. The molecule has 2 N–H and O–H groups in total. The lowest BCUT2D eigenvalue weighted by molar-refractivity contribution is 0.0647. The third-order valence-electron chi connectivity index (χ3n) is 2.92. The molecule has 1 fully saturated rings. The van der Waals surface area contributed by atoms with Gasteiger partial charge in [-0.1, -0.05) is 5.92 Å². The van der Waals surface area contributed by atoms with E-state index >= 15 is 0 Å². The first-order chi connectivity index (χ1) is 8.74. The molecule has 1 aromatic rings. The van der Waals surface area contributed by atoms with Crippen molar-refractivity contribution in [2.24, 2.45) is 5.73 Å². The molecule has 0 radical (unpaired) electrons. The molecule has 96 valence electrons. The van der Waals surface area contributed by atoms with E-state index in [1.807, 2.05) is 4.90 Å². The van der Waals surface area contributed by atoms with Gasteiger partial charge < -0.3 is 10.6 Å². The molecular formula is C12H16N4OS. The topological polar surface area (TPSA) is 62.5 Å². The van der Waals surface area contributed by atoms with Gasteiger partial charge >= 0.3 is 0 Å². The second-order valence-corrected chi connectivity index (χ2v) is 5.05. The molecule has 0 atom stereocenters. The van der Waals surface area contributed by atoms with E-state index < -0.39 is 0 Å². The van der Waals surface area contributed by atoms with Crippen molar-refractivity contribution in [3.05, 3.63) is 16.1 Å². The number of amides is 1. The van der Waals surface area contributed by atoms with Gasteiger partial charge in [0.15, 0.2) is 0 Å². The minimum atomic E-state index is -0.00805. The van der Waals surface area contributed by atoms with E-state index in [1.54, 1.807) is 5.38 Å². The Morgan fingerprint density at radius 2 is 2.22 bits per heavy atom. The van der Waals surface area contributed by atoms with Gasteiger partial charge in [-0.15, -0.1) is 17.8 Å². The van der Waals surface area contributed by atoms with E-state index in [0.29, 0.717) is 31.9 Å². The average molecular weight is 264 g/mol. The molecule has 0 spiro atoms. The van der Waals surface area contributed by atoms with Crippen LogP contribution in [0.25, 0.3) is 0 Å². The van der Waals surface area contributed by atoms with Gasteiger partial charge in [-0.25, -0.2) is 4.98 Å². The highest BCUT2D eigenvalue weighted by atomic mass is 32.1. The van der Waals surface area contributed by atoms with Crippen molar-refractivity contribution in [3.63, 3.8) is 0 Å². The molecule has 1 aliphatic heterocycles. The summed E-state index contributed by atoms with van der Waals surface area (Å²) < 4.78 is 0. The summed E-state index contributed by atoms with van der Waals surface area (Å²) in [4.78, 5) is 20.4. The van der Waals surface area contributed by atoms with Gasteiger partial charge in [0.25, 0.3) is 5.91 Å². The molecule has 0 unspecified atom stereocenters. The molecule has 2 heterocycles. The Morgan fingerprint density at radius 3 is 2.78 bits per heavy atom. The van der Waals surface area contributed by atoms with E-state index in [9.17, 15) is 4.79 Å². The maximum absolute atomic E-state index is 12.2. The van der Waals surface area contributed by atoms with Crippen LogP contribution in [0.15, 0.2) is 5.38 Å². The molecule has 6 heteroatoms. The summed E-state index contributed by atoms with van der Waals surface area (Å²) in [5.41, 5.74) is 6.00. The summed E-state index contributed by atoms with van der Waals surface area (Å²) in [5.74, 6) is 2.61. The number of terminal acetylenes is 1. The first kappa shape index (κ1) is 13.0. The van der Waals surface area contributed by atoms with Crippen molar-refractivity contribution >= 4 is 17.2 Å². The number of carbonyl (C=O) groups excluding carboxylic acids is 1. The number of hydrogen-bond donors (Lipinski definition) is 1. The van der Waals surface area contributed by atoms with Gasteiger partial charge in [0.1, 0.15) is 10.7 Å². The predicted octanol–water partition coefficient (Wildman–Crippen LogP) is -0.00720. The largest absolute Gasteiger partial charge is 0.335 e. The standard InChI is InChI=1S/C12H16N4OS/c1-2-3-15-4-6-16(7-5-15)12(17)10-9-18-11(8-13)14-10/h1,9H,3-8,13H2. The summed E-state index contributed by atoms with van der Waals surface area (Å²) in [6, 6.07) is 0. The average Bonchev–Trinajstić information content (AvgIpc) is 2.88. The zero-order chi connectivity index (χ0) is 13.0. The molecule has 0 bridgehead atoms. The predicted molar refractivity (Wildman–Crippen MR) is 71.2 cm³/mol. The highest BCUT2D eigenvalue weighted by molar-refractivity contribution is 7.09. The molecule has 0 aliphatic carbocycles. The lowest BCUT2D eigenvalue weighted by Gasteiger charge is -2.33. The fourth-order valence-electron chi connectivity index (χ4n) is 1.90. The summed E-state index contributed by atoms with van der Waals surface area (Å²) >= 11 is 1.43. The van der Waals surface area contributed by atoms with Crippen LogP contribution in [0.4, 0.5) is 0 Å². The van der Waals surface area contributed by atoms with Crippen LogP contribution in [-0.2, 0) is 6.54 Å². The molecule has 0 aromatic carbocycles. The van der Waals surface area contributed by atoms with Gasteiger partial charge in [-0.2, -0.15) is 0 Å². The van der Waals surface area contributed by atoms with Crippen molar-refractivity contribution in [3.8, 4) is 12.3 Å². The smallest absolute Gasteiger partial charge is 0.273 e. The molecule has 1 aromatic heterocycles. The molecule has 5 nitrogen and oxygen atoms in total. The number of nitrogens with two attached hydrogens (primary N) is 1. The quantitative estimate of drug-likeness (QED) is 0.780. The van der Waals surface area contributed by atoms with Gasteiger partial charge in [0, 0.05) is 38.1 Å². The van der Waals surface area contributed by atoms with E-state index in [4.69, 9.17) is 12.2 Å². The lowest BCUT2D eigenvalue weighted by Crippen LogP contribution is -2.48. The van der Waals surface area contributed by atoms with Gasteiger partial charge in [-0.3, -0.25) is 9.69 Å². The second kappa shape index (κ2) is 5.96. The Kier molecular flexibility index (Phi) is 4.31. The van der Waals surface area contributed by atoms with Crippen LogP contribution in [-0.4, -0.2) is 53.4 Å². The number of aromatic nitrogens is 1. The fraction of sp³-hybridized carbons (Fsp3) is 0.500. The number of piperazine rings is 1. The van der Waals surface area contributed by atoms with Crippen molar-refractivity contribution < 1.29 is 4.79 Å². The van der Waals surface area contributed by atoms with E-state index in [-0.39, 0.29) is 5.91 Å². The molecule has 18 heavy (non-hydrogen) atoms. The van der Waals surface area contributed by atoms with Crippen molar-refractivity contribution in [2.75, 3.05) is 32.7 Å². The molecule has 1 saturated heterocycles. The maximum atomic E-state index is 12.2. The molecule has 1 amide bonds. The number of carbonyl (C=O) groups is 1. The van der Waals surface area contributed by atoms with Gasteiger partial charge in [-0.05, 0) is 0 Å². The highest BCUT2D eigenvalue weighted by Crippen LogP contribution is 2.12. The number of rotatable bonds is 3. The van der Waals surface area contributed by atoms with Gasteiger partial charge in [0.05, 0.1) is 6.54 Å². The summed E-state index contributed by atoms with van der Waals surface area (Å²) in [6.45, 7) is 4.09. The number of hydrogen-bond acceptors (Lipinski definition) is 5. The minimum absolute atomic E-state index is 0.00805. The minimum Gasteiger partial charge on any atom is -0.335 e. The zero-order valence-electron chi connectivity index (χ0n) is 10.1. The Bertz CT molecular complexity index is 457. The van der Waals surface area contributed by atoms with Crippen LogP contribution in [0.1, 0.15) is 15.5 Å². The van der Waals surface area contributed by atoms with Crippen LogP contribution < -0.4 is 5.73 Å². The summed E-state index contributed by atoms with van der Waals surface area (Å²) in [7, 11) is 0. The monoisotopic (exact) mass is 264 g/mol. The number of nitrogens with zero attached hydrogens (tertiary/aromatic N) is 3. The molecular weight excluding hydrogens is 248 g/mol. The zero-order valence-corrected chi connectivity index (χ0v) is 10.9. The fourth-order valence-corrected chi connectivity index (χ4v) is 2.55. The normalized spacial score (nSPS) is 16.6. The van der Waals surface area contributed by atoms with Gasteiger partial charge in [0.2, 0.25) is 0 Å². The lowest BCUT2D eigenvalue weighted by atomic mass is 10.3. The Labute approximate surface area is 111 Å². The summed E-state index contributed by atoms with van der Waals surface area (Å²) in [5, 5.41) is 2.57. The van der Waals surface area contributed by atoms with E-state index in [1.165, 1.54) is 11.3 Å². The van der Waals surface area contributed by atoms with Crippen LogP contribution in [0.5, 0.6) is 0 Å². The van der Waals surface area contributed by atoms with E-state index in [0.717, 1.165) is 18.1 Å². The van der Waals surface area contributed by atoms with E-state index in [2.05, 4.69) is 15.8 Å². The summed E-state index contributed by atoms with van der Waals surface area (Å²) in [6.07, 6.45) is 5.27. The third-order valence-corrected chi connectivity index (χ3v) is 3.79. The first-order valence-electron chi connectivity index (χ1n) is 5.84. The number of thiazole rings is 1. The van der Waals surface area contributed by atoms with Crippen molar-refractivity contribution in [1.29, 1.82) is 0 Å². The Morgan fingerprint density at radius 1 is 1.50 bits per heavy atom. The highest BCUT2D eigenvalue weighted by Gasteiger charge is 2.23. The molecule has 1 aliphatic rings. The third kappa shape index (κ3) is 2.88. The SMILES string of the molecule is C#CCN1CCN(C(=O)c2csc(CN)n2)CC1. The molecule has 0 saturated carbocycles. The van der Waals surface area contributed by atoms with Crippen LogP contribution >= 0.6 is 11.3 Å². The van der Waals surface area contributed by atoms with Crippen molar-refractivity contribution in [2.45, 2.75) is 6.54 Å². The second-order valence-electron chi connectivity index (χ2n) is 4.10. The van der Waals surface area contributed by atoms with Crippen LogP contribution in [0, 0.1) is 12.3 Å². The Balaban J connectivity index is 1.93. The maximum Gasteiger partial charge on any atom is 0.273 e. The van der Waals surface area contributed by atoms with Crippen molar-refractivity contribution in [1.82, 2.24) is 14.8 Å². The van der Waals surface area contributed by atoms with Crippen LogP contribution in [0.3, 0.4) is 0 Å². The van der Waals surface area contributed by atoms with Crippen LogP contribution in [0.2, 0.25) is 0 Å². The molecule has 2 rings (SSSR count).